The van der Waals surface area contributed by atoms with Crippen LogP contribution in [0, 0.1) is 6.92 Å². The average Bonchev–Trinajstić information content (AvgIpc) is 2.79. The SMILES string of the molecule is COc1ccc(-c2cc(N3CCN(C(=O)Nc4cccc(C)c4)CC3)ncn2)cc1. The molecule has 3 aromatic rings. The first-order valence-corrected chi connectivity index (χ1v) is 9.96. The number of aromatic nitrogens is 2. The van der Waals surface area contributed by atoms with Crippen molar-refractivity contribution in [3.8, 4) is 17.0 Å². The Bertz CT molecular complexity index is 1010. The Morgan fingerprint density at radius 3 is 2.47 bits per heavy atom. The molecule has 4 rings (SSSR count). The molecule has 7 heteroatoms. The van der Waals surface area contributed by atoms with Crippen molar-refractivity contribution >= 4 is 17.5 Å². The molecule has 0 radical (unpaired) electrons. The molecule has 1 N–H and O–H groups in total. The molecule has 0 bridgehead atoms. The van der Waals surface area contributed by atoms with Gasteiger partial charge >= 0.3 is 6.03 Å². The highest BCUT2D eigenvalue weighted by atomic mass is 16.5. The lowest BCUT2D eigenvalue weighted by atomic mass is 10.1. The second kappa shape index (κ2) is 8.82. The lowest BCUT2D eigenvalue weighted by Crippen LogP contribution is -2.50. The number of hydrogen-bond acceptors (Lipinski definition) is 5. The second-order valence-corrected chi connectivity index (χ2v) is 7.26. The van der Waals surface area contributed by atoms with Gasteiger partial charge in [0.2, 0.25) is 0 Å². The summed E-state index contributed by atoms with van der Waals surface area (Å²) in [4.78, 5) is 25.4. The van der Waals surface area contributed by atoms with Crippen LogP contribution in [-0.2, 0) is 0 Å². The maximum Gasteiger partial charge on any atom is 0.321 e. The minimum Gasteiger partial charge on any atom is -0.497 e. The Labute approximate surface area is 176 Å². The van der Waals surface area contributed by atoms with Gasteiger partial charge in [-0.25, -0.2) is 14.8 Å². The topological polar surface area (TPSA) is 70.6 Å². The zero-order chi connectivity index (χ0) is 20.9. The minimum absolute atomic E-state index is 0.0677. The van der Waals surface area contributed by atoms with Crippen molar-refractivity contribution in [2.75, 3.05) is 43.5 Å². The number of ether oxygens (including phenoxy) is 1. The van der Waals surface area contributed by atoms with E-state index in [4.69, 9.17) is 4.74 Å². The van der Waals surface area contributed by atoms with Crippen molar-refractivity contribution in [3.05, 3.63) is 66.5 Å². The molecule has 2 aromatic carbocycles. The van der Waals surface area contributed by atoms with Gasteiger partial charge in [0.15, 0.2) is 0 Å². The van der Waals surface area contributed by atoms with Gasteiger partial charge in [-0.15, -0.1) is 0 Å². The molecular weight excluding hydrogens is 378 g/mol. The van der Waals surface area contributed by atoms with Crippen LogP contribution in [-0.4, -0.2) is 54.2 Å². The molecule has 1 fully saturated rings. The first kappa shape index (κ1) is 19.7. The summed E-state index contributed by atoms with van der Waals surface area (Å²) in [7, 11) is 1.65. The molecule has 1 aromatic heterocycles. The van der Waals surface area contributed by atoms with Crippen LogP contribution in [0.2, 0.25) is 0 Å². The van der Waals surface area contributed by atoms with Crippen molar-refractivity contribution in [3.63, 3.8) is 0 Å². The lowest BCUT2D eigenvalue weighted by Gasteiger charge is -2.35. The first-order chi connectivity index (χ1) is 14.6. The molecule has 0 aliphatic carbocycles. The van der Waals surface area contributed by atoms with Gasteiger partial charge in [-0.3, -0.25) is 0 Å². The minimum atomic E-state index is -0.0677. The van der Waals surface area contributed by atoms with Crippen LogP contribution in [0.5, 0.6) is 5.75 Å². The van der Waals surface area contributed by atoms with Gasteiger partial charge in [-0.1, -0.05) is 12.1 Å². The third-order valence-electron chi connectivity index (χ3n) is 5.20. The van der Waals surface area contributed by atoms with E-state index in [0.717, 1.165) is 47.2 Å². The van der Waals surface area contributed by atoms with E-state index in [0.29, 0.717) is 13.1 Å². The molecule has 0 atom stereocenters. The van der Waals surface area contributed by atoms with Gasteiger partial charge < -0.3 is 19.9 Å². The van der Waals surface area contributed by atoms with Crippen LogP contribution in [0.4, 0.5) is 16.3 Å². The zero-order valence-electron chi connectivity index (χ0n) is 17.2. The van der Waals surface area contributed by atoms with Gasteiger partial charge in [-0.05, 0) is 48.9 Å². The fourth-order valence-electron chi connectivity index (χ4n) is 3.50. The average molecular weight is 403 g/mol. The van der Waals surface area contributed by atoms with E-state index in [2.05, 4.69) is 20.2 Å². The second-order valence-electron chi connectivity index (χ2n) is 7.26. The normalized spacial score (nSPS) is 13.8. The third-order valence-corrected chi connectivity index (χ3v) is 5.20. The number of amides is 2. The number of nitrogens with one attached hydrogen (secondary N) is 1. The van der Waals surface area contributed by atoms with Crippen molar-refractivity contribution in [2.24, 2.45) is 0 Å². The molecule has 1 aliphatic heterocycles. The van der Waals surface area contributed by atoms with E-state index in [1.165, 1.54) is 0 Å². The summed E-state index contributed by atoms with van der Waals surface area (Å²) in [6.45, 7) is 4.73. The highest BCUT2D eigenvalue weighted by Crippen LogP contribution is 2.24. The maximum atomic E-state index is 12.6. The number of anilines is 2. The molecule has 2 amide bonds. The summed E-state index contributed by atoms with van der Waals surface area (Å²) < 4.78 is 5.22. The van der Waals surface area contributed by atoms with Crippen LogP contribution >= 0.6 is 0 Å². The summed E-state index contributed by atoms with van der Waals surface area (Å²) in [5.41, 5.74) is 3.81. The predicted octanol–water partition coefficient (Wildman–Crippen LogP) is 3.81. The van der Waals surface area contributed by atoms with Gasteiger partial charge in [0.05, 0.1) is 12.8 Å². The van der Waals surface area contributed by atoms with Crippen molar-refractivity contribution in [2.45, 2.75) is 6.92 Å². The van der Waals surface area contributed by atoms with E-state index < -0.39 is 0 Å². The Hall–Kier alpha value is -3.61. The Morgan fingerprint density at radius 2 is 1.77 bits per heavy atom. The summed E-state index contributed by atoms with van der Waals surface area (Å²) >= 11 is 0. The first-order valence-electron chi connectivity index (χ1n) is 9.96. The van der Waals surface area contributed by atoms with Gasteiger partial charge in [-0.2, -0.15) is 0 Å². The molecule has 2 heterocycles. The quantitative estimate of drug-likeness (QED) is 0.717. The summed E-state index contributed by atoms with van der Waals surface area (Å²) in [5, 5.41) is 2.98. The zero-order valence-corrected chi connectivity index (χ0v) is 17.2. The number of carbonyl (C=O) groups excluding carboxylic acids is 1. The molecule has 0 spiro atoms. The molecule has 1 aliphatic rings. The monoisotopic (exact) mass is 403 g/mol. The van der Waals surface area contributed by atoms with Crippen LogP contribution in [0.3, 0.4) is 0 Å². The van der Waals surface area contributed by atoms with Crippen molar-refractivity contribution in [1.29, 1.82) is 0 Å². The van der Waals surface area contributed by atoms with E-state index in [1.807, 2.05) is 66.4 Å². The van der Waals surface area contributed by atoms with Crippen LogP contribution < -0.4 is 15.0 Å². The van der Waals surface area contributed by atoms with Gasteiger partial charge in [0.25, 0.3) is 0 Å². The Balaban J connectivity index is 1.38. The summed E-state index contributed by atoms with van der Waals surface area (Å²) in [6.07, 6.45) is 1.59. The van der Waals surface area contributed by atoms with Gasteiger partial charge in [0, 0.05) is 43.5 Å². The highest BCUT2D eigenvalue weighted by Gasteiger charge is 2.22. The molecule has 1 saturated heterocycles. The van der Waals surface area contributed by atoms with Crippen LogP contribution in [0.1, 0.15) is 5.56 Å². The number of urea groups is 1. The lowest BCUT2D eigenvalue weighted by molar-refractivity contribution is 0.208. The summed E-state index contributed by atoms with van der Waals surface area (Å²) in [5.74, 6) is 1.68. The van der Waals surface area contributed by atoms with E-state index in [9.17, 15) is 4.79 Å². The molecule has 0 unspecified atom stereocenters. The fourth-order valence-corrected chi connectivity index (χ4v) is 3.50. The number of methoxy groups -OCH3 is 1. The van der Waals surface area contributed by atoms with Crippen LogP contribution in [0.25, 0.3) is 11.3 Å². The smallest absolute Gasteiger partial charge is 0.321 e. The molecule has 30 heavy (non-hydrogen) atoms. The molecular formula is C23H25N5O2. The fraction of sp³-hybridized carbons (Fsp3) is 0.261. The van der Waals surface area contributed by atoms with E-state index in [1.54, 1.807) is 13.4 Å². The number of nitrogens with zero attached hydrogens (tertiary/aromatic N) is 4. The number of piperazine rings is 1. The standard InChI is InChI=1S/C23H25N5O2/c1-17-4-3-5-19(14-17)26-23(29)28-12-10-27(11-13-28)22-15-21(24-16-25-22)18-6-8-20(30-2)9-7-18/h3-9,14-16H,10-13H2,1-2H3,(H,26,29). The Morgan fingerprint density at radius 1 is 1.00 bits per heavy atom. The number of hydrogen-bond donors (Lipinski definition) is 1. The van der Waals surface area contributed by atoms with E-state index in [-0.39, 0.29) is 6.03 Å². The largest absolute Gasteiger partial charge is 0.497 e. The Kier molecular flexibility index (Phi) is 5.79. The number of benzene rings is 2. The number of rotatable bonds is 4. The highest BCUT2D eigenvalue weighted by molar-refractivity contribution is 5.89. The molecule has 154 valence electrons. The molecule has 0 saturated carbocycles. The number of carbonyl (C=O) groups is 1. The predicted molar refractivity (Wildman–Crippen MR) is 118 cm³/mol. The number of aryl methyl sites for hydroxylation is 1. The van der Waals surface area contributed by atoms with Crippen molar-refractivity contribution < 1.29 is 9.53 Å². The maximum absolute atomic E-state index is 12.6. The van der Waals surface area contributed by atoms with Gasteiger partial charge in [0.1, 0.15) is 17.9 Å². The van der Waals surface area contributed by atoms with Crippen LogP contribution in [0.15, 0.2) is 60.9 Å². The van der Waals surface area contributed by atoms with Crippen molar-refractivity contribution in [1.82, 2.24) is 14.9 Å². The third kappa shape index (κ3) is 4.51. The summed E-state index contributed by atoms with van der Waals surface area (Å²) in [6, 6.07) is 17.6. The molecule has 7 nitrogen and oxygen atoms in total. The van der Waals surface area contributed by atoms with E-state index >= 15 is 0 Å².